The normalized spacial score (nSPS) is 11.0. The van der Waals surface area contributed by atoms with E-state index in [4.69, 9.17) is 30.1 Å². The van der Waals surface area contributed by atoms with E-state index in [-0.39, 0.29) is 11.0 Å². The molecule has 0 spiro atoms. The third-order valence-corrected chi connectivity index (χ3v) is 6.57. The van der Waals surface area contributed by atoms with Gasteiger partial charge in [-0.2, -0.15) is 4.98 Å². The third-order valence-electron chi connectivity index (χ3n) is 4.35. The fraction of sp³-hybridized carbons (Fsp3) is 0.200. The average molecular weight is 480 g/mol. The highest BCUT2D eigenvalue weighted by atomic mass is 35.5. The molecular weight excluding hydrogens is 457 g/mol. The summed E-state index contributed by atoms with van der Waals surface area (Å²) < 4.78 is 33.6. The Kier molecular flexibility index (Phi) is 7.76. The topological polar surface area (TPSA) is 116 Å². The molecule has 0 aliphatic heterocycles. The summed E-state index contributed by atoms with van der Waals surface area (Å²) in [5.41, 5.74) is 6.99. The van der Waals surface area contributed by atoms with Crippen LogP contribution in [0.4, 0.5) is 23.1 Å². The van der Waals surface area contributed by atoms with Gasteiger partial charge >= 0.3 is 7.60 Å². The molecule has 3 rings (SSSR count). The molecule has 0 bridgehead atoms. The van der Waals surface area contributed by atoms with Crippen molar-refractivity contribution in [3.05, 3.63) is 53.7 Å². The minimum absolute atomic E-state index is 0.269. The molecule has 0 unspecified atom stereocenters. The van der Waals surface area contributed by atoms with Gasteiger partial charge in [0.15, 0.2) is 5.82 Å². The maximum absolute atomic E-state index is 12.8. The van der Waals surface area contributed by atoms with Crippen LogP contribution in [0, 0.1) is 0 Å². The minimum atomic E-state index is -3.48. The Labute approximate surface area is 190 Å². The SMILES string of the molecule is COc1cc(Nc2ncc(Cl)c(NNc3ccccc3P(=O)(OC)OC)n2)cc(OC)c1. The van der Waals surface area contributed by atoms with Crippen molar-refractivity contribution in [2.24, 2.45) is 0 Å². The highest BCUT2D eigenvalue weighted by Crippen LogP contribution is 2.47. The summed E-state index contributed by atoms with van der Waals surface area (Å²) in [7, 11) is 2.29. The molecule has 32 heavy (non-hydrogen) atoms. The molecule has 12 heteroatoms. The van der Waals surface area contributed by atoms with Gasteiger partial charge in [-0.1, -0.05) is 23.7 Å². The van der Waals surface area contributed by atoms with Crippen molar-refractivity contribution in [3.63, 3.8) is 0 Å². The predicted molar refractivity (Wildman–Crippen MR) is 125 cm³/mol. The molecular formula is C20H23ClN5O5P. The number of aromatic nitrogens is 2. The lowest BCUT2D eigenvalue weighted by atomic mass is 10.3. The van der Waals surface area contributed by atoms with Crippen LogP contribution in [0.3, 0.4) is 0 Å². The summed E-state index contributed by atoms with van der Waals surface area (Å²) in [5, 5.41) is 3.70. The zero-order chi connectivity index (χ0) is 23.1. The maximum atomic E-state index is 12.8. The van der Waals surface area contributed by atoms with E-state index in [1.807, 2.05) is 0 Å². The molecule has 0 amide bonds. The van der Waals surface area contributed by atoms with Gasteiger partial charge in [-0.15, -0.1) is 0 Å². The van der Waals surface area contributed by atoms with Gasteiger partial charge in [-0.25, -0.2) is 4.98 Å². The van der Waals surface area contributed by atoms with Gasteiger partial charge in [0, 0.05) is 38.1 Å². The molecule has 0 aliphatic carbocycles. The van der Waals surface area contributed by atoms with Crippen LogP contribution in [0.2, 0.25) is 5.02 Å². The molecule has 0 fully saturated rings. The molecule has 1 aromatic heterocycles. The monoisotopic (exact) mass is 479 g/mol. The maximum Gasteiger partial charge on any atom is 0.362 e. The number of anilines is 4. The first kappa shape index (κ1) is 23.6. The second kappa shape index (κ2) is 10.5. The lowest BCUT2D eigenvalue weighted by Gasteiger charge is -2.19. The molecule has 0 atom stereocenters. The third kappa shape index (κ3) is 5.41. The first-order chi connectivity index (χ1) is 15.4. The molecule has 10 nitrogen and oxygen atoms in total. The number of methoxy groups -OCH3 is 2. The largest absolute Gasteiger partial charge is 0.497 e. The molecule has 3 N–H and O–H groups in total. The van der Waals surface area contributed by atoms with Crippen molar-refractivity contribution >= 4 is 47.6 Å². The van der Waals surface area contributed by atoms with Gasteiger partial charge in [0.25, 0.3) is 0 Å². The van der Waals surface area contributed by atoms with E-state index in [2.05, 4.69) is 26.1 Å². The van der Waals surface area contributed by atoms with Gasteiger partial charge in [0.2, 0.25) is 5.95 Å². The average Bonchev–Trinajstić information content (AvgIpc) is 2.83. The fourth-order valence-electron chi connectivity index (χ4n) is 2.74. The van der Waals surface area contributed by atoms with Gasteiger partial charge in [-0.3, -0.25) is 15.4 Å². The molecule has 0 radical (unpaired) electrons. The van der Waals surface area contributed by atoms with Crippen molar-refractivity contribution in [1.82, 2.24) is 9.97 Å². The standard InChI is InChI=1S/C20H23ClN5O5P/c1-28-14-9-13(10-15(11-14)29-2)23-20-22-12-16(21)19(24-20)26-25-17-7-5-6-8-18(17)32(27,30-3)31-4/h5-12,25H,1-4H3,(H2,22,23,24,26). The Morgan fingerprint density at radius 3 is 2.22 bits per heavy atom. The quantitative estimate of drug-likeness (QED) is 0.284. The minimum Gasteiger partial charge on any atom is -0.497 e. The Morgan fingerprint density at radius 2 is 1.59 bits per heavy atom. The van der Waals surface area contributed by atoms with Crippen LogP contribution in [0.15, 0.2) is 48.7 Å². The van der Waals surface area contributed by atoms with Crippen LogP contribution in [0.25, 0.3) is 0 Å². The number of halogens is 1. The fourth-order valence-corrected chi connectivity index (χ4v) is 4.11. The number of hydrogen-bond donors (Lipinski definition) is 3. The lowest BCUT2D eigenvalue weighted by molar-refractivity contribution is 0.287. The number of nitrogens with one attached hydrogen (secondary N) is 3. The number of para-hydroxylation sites is 1. The Hall–Kier alpha value is -3.04. The lowest BCUT2D eigenvalue weighted by Crippen LogP contribution is -2.19. The Bertz CT molecular complexity index is 1100. The summed E-state index contributed by atoms with van der Waals surface area (Å²) in [6.45, 7) is 0. The van der Waals surface area contributed by atoms with E-state index < -0.39 is 7.60 Å². The second-order valence-electron chi connectivity index (χ2n) is 6.25. The number of ether oxygens (including phenoxy) is 2. The zero-order valence-electron chi connectivity index (χ0n) is 17.9. The van der Waals surface area contributed by atoms with Crippen LogP contribution in [0.5, 0.6) is 11.5 Å². The molecule has 0 saturated carbocycles. The number of nitrogens with zero attached hydrogens (tertiary/aromatic N) is 2. The summed E-state index contributed by atoms with van der Waals surface area (Å²) in [4.78, 5) is 8.58. The smallest absolute Gasteiger partial charge is 0.362 e. The van der Waals surface area contributed by atoms with Crippen LogP contribution < -0.4 is 30.9 Å². The molecule has 3 aromatic rings. The molecule has 0 saturated heterocycles. The van der Waals surface area contributed by atoms with Crippen LogP contribution >= 0.6 is 19.2 Å². The summed E-state index contributed by atoms with van der Waals surface area (Å²) in [5.74, 6) is 1.79. The van der Waals surface area contributed by atoms with Gasteiger partial charge in [0.05, 0.1) is 31.4 Å². The summed E-state index contributed by atoms with van der Waals surface area (Å²) in [6.07, 6.45) is 1.44. The molecule has 2 aromatic carbocycles. The molecule has 0 aliphatic rings. The zero-order valence-corrected chi connectivity index (χ0v) is 19.5. The van der Waals surface area contributed by atoms with E-state index in [1.165, 1.54) is 20.4 Å². The first-order valence-corrected chi connectivity index (χ1v) is 11.2. The number of hydrazine groups is 1. The number of rotatable bonds is 10. The highest BCUT2D eigenvalue weighted by Gasteiger charge is 2.27. The van der Waals surface area contributed by atoms with E-state index in [1.54, 1.807) is 56.7 Å². The molecule has 1 heterocycles. The van der Waals surface area contributed by atoms with Gasteiger partial charge < -0.3 is 23.8 Å². The summed E-state index contributed by atoms with van der Waals surface area (Å²) in [6, 6.07) is 12.2. The predicted octanol–water partition coefficient (Wildman–Crippen LogP) is 4.44. The molecule has 170 valence electrons. The number of benzene rings is 2. The van der Waals surface area contributed by atoms with Crippen molar-refractivity contribution in [2.45, 2.75) is 0 Å². The summed E-state index contributed by atoms with van der Waals surface area (Å²) >= 11 is 6.25. The van der Waals surface area contributed by atoms with E-state index >= 15 is 0 Å². The van der Waals surface area contributed by atoms with Crippen molar-refractivity contribution in [3.8, 4) is 11.5 Å². The van der Waals surface area contributed by atoms with Crippen LogP contribution in [-0.4, -0.2) is 38.4 Å². The van der Waals surface area contributed by atoms with Gasteiger partial charge in [-0.05, 0) is 12.1 Å². The van der Waals surface area contributed by atoms with E-state index in [0.717, 1.165) is 0 Å². The number of hydrogen-bond acceptors (Lipinski definition) is 10. The first-order valence-electron chi connectivity index (χ1n) is 9.28. The van der Waals surface area contributed by atoms with Crippen molar-refractivity contribution in [1.29, 1.82) is 0 Å². The van der Waals surface area contributed by atoms with Crippen molar-refractivity contribution < 1.29 is 23.1 Å². The Morgan fingerprint density at radius 1 is 0.938 bits per heavy atom. The van der Waals surface area contributed by atoms with Crippen LogP contribution in [-0.2, 0) is 13.6 Å². The van der Waals surface area contributed by atoms with Gasteiger partial charge in [0.1, 0.15) is 16.5 Å². The highest BCUT2D eigenvalue weighted by molar-refractivity contribution is 7.62. The van der Waals surface area contributed by atoms with Crippen LogP contribution in [0.1, 0.15) is 0 Å². The van der Waals surface area contributed by atoms with E-state index in [0.29, 0.717) is 34.0 Å². The second-order valence-corrected chi connectivity index (χ2v) is 8.86. The van der Waals surface area contributed by atoms with Crippen molar-refractivity contribution in [2.75, 3.05) is 44.6 Å². The Balaban J connectivity index is 1.82. The van der Waals surface area contributed by atoms with E-state index in [9.17, 15) is 4.57 Å².